The molecule has 0 atom stereocenters. The van der Waals surface area contributed by atoms with Crippen molar-refractivity contribution in [3.8, 4) is 0 Å². The van der Waals surface area contributed by atoms with Gasteiger partial charge in [-0.3, -0.25) is 0 Å². The zero-order valence-corrected chi connectivity index (χ0v) is 14.0. The number of fused-ring (bicyclic) bond motifs is 1. The predicted molar refractivity (Wildman–Crippen MR) is 87.6 cm³/mol. The molecule has 0 aliphatic carbocycles. The van der Waals surface area contributed by atoms with Crippen LogP contribution in [0.2, 0.25) is 0 Å². The number of carbonyl (C=O) groups is 2. The number of carboxylic acid groups (broad SMARTS) is 2. The third kappa shape index (κ3) is 3.72. The van der Waals surface area contributed by atoms with E-state index < -0.39 is 11.9 Å². The maximum Gasteiger partial charge on any atom is 0.336 e. The molecule has 2 N–H and O–H groups in total. The van der Waals surface area contributed by atoms with Crippen LogP contribution in [0.4, 0.5) is 0 Å². The van der Waals surface area contributed by atoms with Gasteiger partial charge in [-0.2, -0.15) is 0 Å². The summed E-state index contributed by atoms with van der Waals surface area (Å²) in [5, 5.41) is 18.6. The molecule has 1 heterocycles. The van der Waals surface area contributed by atoms with E-state index in [0.29, 0.717) is 0 Å². The fraction of sp³-hybridized carbons (Fsp3) is 0.556. The monoisotopic (exact) mass is 320 g/mol. The molecule has 5 heteroatoms. The van der Waals surface area contributed by atoms with Crippen LogP contribution >= 0.6 is 0 Å². The minimum Gasteiger partial charge on any atom is -0.478 e. The predicted octanol–water partition coefficient (Wildman–Crippen LogP) is 3.51. The van der Waals surface area contributed by atoms with Gasteiger partial charge in [-0.25, -0.2) is 9.59 Å². The number of carboxylic acids is 2. The molecule has 0 saturated heterocycles. The molecule has 0 spiro atoms. The first-order chi connectivity index (χ1) is 10.9. The Morgan fingerprint density at radius 3 is 1.61 bits per heavy atom. The molecule has 0 fully saturated rings. The van der Waals surface area contributed by atoms with Gasteiger partial charge in [0.05, 0.1) is 24.2 Å². The van der Waals surface area contributed by atoms with Gasteiger partial charge < -0.3 is 14.7 Å². The Balaban J connectivity index is 2.37. The SMILES string of the molecule is CCCC[N+]1(CCCC)Cc2cc(C(=O)O)c(C(=O)O)cc2C1. The molecule has 1 aliphatic heterocycles. The lowest BCUT2D eigenvalue weighted by molar-refractivity contribution is -0.947. The Kier molecular flexibility index (Phi) is 5.42. The fourth-order valence-electron chi connectivity index (χ4n) is 3.53. The van der Waals surface area contributed by atoms with E-state index in [0.717, 1.165) is 67.5 Å². The van der Waals surface area contributed by atoms with E-state index in [9.17, 15) is 19.8 Å². The van der Waals surface area contributed by atoms with Gasteiger partial charge >= 0.3 is 11.9 Å². The largest absolute Gasteiger partial charge is 0.478 e. The summed E-state index contributed by atoms with van der Waals surface area (Å²) in [5.41, 5.74) is 1.81. The van der Waals surface area contributed by atoms with Crippen LogP contribution in [0.5, 0.6) is 0 Å². The lowest BCUT2D eigenvalue weighted by Crippen LogP contribution is -2.44. The van der Waals surface area contributed by atoms with Crippen molar-refractivity contribution in [2.45, 2.75) is 52.6 Å². The molecule has 126 valence electrons. The van der Waals surface area contributed by atoms with Gasteiger partial charge in [-0.1, -0.05) is 26.7 Å². The summed E-state index contributed by atoms with van der Waals surface area (Å²) >= 11 is 0. The van der Waals surface area contributed by atoms with Crippen LogP contribution in [-0.2, 0) is 13.1 Å². The zero-order valence-electron chi connectivity index (χ0n) is 14.0. The highest BCUT2D eigenvalue weighted by molar-refractivity contribution is 6.02. The van der Waals surface area contributed by atoms with Crippen LogP contribution < -0.4 is 0 Å². The number of hydrogen-bond acceptors (Lipinski definition) is 2. The van der Waals surface area contributed by atoms with Gasteiger partial charge in [-0.15, -0.1) is 0 Å². The molecule has 1 aliphatic rings. The van der Waals surface area contributed by atoms with Gasteiger partial charge in [-0.05, 0) is 25.0 Å². The summed E-state index contributed by atoms with van der Waals surface area (Å²) < 4.78 is 0.930. The average Bonchev–Trinajstić information content (AvgIpc) is 2.87. The molecule has 5 nitrogen and oxygen atoms in total. The van der Waals surface area contributed by atoms with Crippen LogP contribution in [0.1, 0.15) is 71.4 Å². The lowest BCUT2D eigenvalue weighted by Gasteiger charge is -2.34. The number of benzene rings is 1. The number of rotatable bonds is 8. The van der Waals surface area contributed by atoms with Crippen molar-refractivity contribution < 1.29 is 24.3 Å². The molecule has 2 rings (SSSR count). The van der Waals surface area contributed by atoms with E-state index >= 15 is 0 Å². The van der Waals surface area contributed by atoms with E-state index in [1.165, 1.54) is 0 Å². The van der Waals surface area contributed by atoms with E-state index in [1.807, 2.05) is 0 Å². The first-order valence-electron chi connectivity index (χ1n) is 8.40. The number of hydrogen-bond donors (Lipinski definition) is 2. The van der Waals surface area contributed by atoms with Crippen molar-refractivity contribution in [1.82, 2.24) is 0 Å². The van der Waals surface area contributed by atoms with Crippen LogP contribution in [0.15, 0.2) is 12.1 Å². The van der Waals surface area contributed by atoms with Gasteiger partial charge in [0.2, 0.25) is 0 Å². The second-order valence-corrected chi connectivity index (χ2v) is 6.59. The molecule has 0 aromatic heterocycles. The Labute approximate surface area is 137 Å². The molecule has 23 heavy (non-hydrogen) atoms. The highest BCUT2D eigenvalue weighted by atomic mass is 16.4. The molecular weight excluding hydrogens is 294 g/mol. The quantitative estimate of drug-likeness (QED) is 0.719. The summed E-state index contributed by atoms with van der Waals surface area (Å²) in [5.74, 6) is -2.34. The van der Waals surface area contributed by atoms with Crippen molar-refractivity contribution in [3.63, 3.8) is 0 Å². The molecular formula is C18H26NO4+. The average molecular weight is 320 g/mol. The minimum absolute atomic E-state index is 0.0952. The summed E-state index contributed by atoms with van der Waals surface area (Å²) in [7, 11) is 0. The van der Waals surface area contributed by atoms with E-state index in [2.05, 4.69) is 13.8 Å². The van der Waals surface area contributed by atoms with E-state index in [1.54, 1.807) is 12.1 Å². The summed E-state index contributed by atoms with van der Waals surface area (Å²) in [4.78, 5) is 22.7. The number of nitrogens with zero attached hydrogens (tertiary/aromatic N) is 1. The van der Waals surface area contributed by atoms with Gasteiger partial charge in [0.15, 0.2) is 0 Å². The molecule has 0 unspecified atom stereocenters. The Morgan fingerprint density at radius 2 is 1.30 bits per heavy atom. The first kappa shape index (κ1) is 17.5. The lowest BCUT2D eigenvalue weighted by atomic mass is 10.00. The molecule has 0 bridgehead atoms. The van der Waals surface area contributed by atoms with Crippen LogP contribution in [-0.4, -0.2) is 39.7 Å². The number of aromatic carboxylic acids is 2. The van der Waals surface area contributed by atoms with Gasteiger partial charge in [0.1, 0.15) is 13.1 Å². The molecule has 0 amide bonds. The minimum atomic E-state index is -1.17. The van der Waals surface area contributed by atoms with Crippen molar-refractivity contribution in [1.29, 1.82) is 0 Å². The van der Waals surface area contributed by atoms with Gasteiger partial charge in [0.25, 0.3) is 0 Å². The van der Waals surface area contributed by atoms with Crippen molar-refractivity contribution >= 4 is 11.9 Å². The van der Waals surface area contributed by atoms with Crippen LogP contribution in [0.25, 0.3) is 0 Å². The van der Waals surface area contributed by atoms with Crippen molar-refractivity contribution in [3.05, 3.63) is 34.4 Å². The maximum absolute atomic E-state index is 11.4. The van der Waals surface area contributed by atoms with Crippen molar-refractivity contribution in [2.75, 3.05) is 13.1 Å². The third-order valence-electron chi connectivity index (χ3n) is 4.78. The topological polar surface area (TPSA) is 74.6 Å². The van der Waals surface area contributed by atoms with Crippen LogP contribution in [0.3, 0.4) is 0 Å². The number of quaternary nitrogens is 1. The Morgan fingerprint density at radius 1 is 0.913 bits per heavy atom. The van der Waals surface area contributed by atoms with E-state index in [4.69, 9.17) is 0 Å². The fourth-order valence-corrected chi connectivity index (χ4v) is 3.53. The molecule has 1 aromatic rings. The normalized spacial score (nSPS) is 15.4. The Bertz CT molecular complexity index is 556. The third-order valence-corrected chi connectivity index (χ3v) is 4.78. The Hall–Kier alpha value is -1.88. The van der Waals surface area contributed by atoms with Gasteiger partial charge in [0, 0.05) is 11.1 Å². The summed E-state index contributed by atoms with van der Waals surface area (Å²) in [6, 6.07) is 3.16. The standard InChI is InChI=1S/C18H25NO4/c1-3-5-7-19(8-6-4-2)11-13-9-15(17(20)21)16(18(22)23)10-14(13)12-19/h9-10H,3-8,11-12H2,1-2H3,(H-,20,21,22,23)/p+1. The van der Waals surface area contributed by atoms with E-state index in [-0.39, 0.29) is 11.1 Å². The smallest absolute Gasteiger partial charge is 0.336 e. The van der Waals surface area contributed by atoms with Crippen LogP contribution in [0, 0.1) is 0 Å². The zero-order chi connectivity index (χ0) is 17.0. The second-order valence-electron chi connectivity index (χ2n) is 6.59. The molecule has 0 saturated carbocycles. The molecule has 1 aromatic carbocycles. The summed E-state index contributed by atoms with van der Waals surface area (Å²) in [6.07, 6.45) is 4.52. The molecule has 0 radical (unpaired) electrons. The van der Waals surface area contributed by atoms with Crippen molar-refractivity contribution in [2.24, 2.45) is 0 Å². The maximum atomic E-state index is 11.4. The highest BCUT2D eigenvalue weighted by Gasteiger charge is 2.36. The first-order valence-corrected chi connectivity index (χ1v) is 8.40. The summed E-state index contributed by atoms with van der Waals surface area (Å²) in [6.45, 7) is 8.10. The highest BCUT2D eigenvalue weighted by Crippen LogP contribution is 2.33. The number of unbranched alkanes of at least 4 members (excludes halogenated alkanes) is 2. The second kappa shape index (κ2) is 7.13.